The molecule has 1 saturated carbocycles. The highest BCUT2D eigenvalue weighted by Gasteiger charge is 2.42. The van der Waals surface area contributed by atoms with Crippen LogP contribution in [-0.2, 0) is 4.79 Å². The van der Waals surface area contributed by atoms with Gasteiger partial charge < -0.3 is 14.6 Å². The first-order chi connectivity index (χ1) is 9.16. The van der Waals surface area contributed by atoms with Crippen LogP contribution in [0, 0.1) is 5.41 Å². The van der Waals surface area contributed by atoms with Gasteiger partial charge >= 0.3 is 5.97 Å². The normalized spacial score (nSPS) is 17.1. The van der Waals surface area contributed by atoms with Crippen LogP contribution < -0.4 is 9.47 Å². The fraction of sp³-hybridized carbons (Fsp3) is 0.533. The number of aliphatic carboxylic acids is 1. The molecule has 0 radical (unpaired) electrons. The minimum Gasteiger partial charge on any atom is -0.494 e. The highest BCUT2D eigenvalue weighted by atomic mass is 16.5. The van der Waals surface area contributed by atoms with Crippen LogP contribution in [0.2, 0.25) is 0 Å². The molecule has 1 fully saturated rings. The molecule has 1 aromatic rings. The Morgan fingerprint density at radius 3 is 2.47 bits per heavy atom. The molecule has 0 atom stereocenters. The average molecular weight is 264 g/mol. The van der Waals surface area contributed by atoms with Crippen molar-refractivity contribution in [2.45, 2.75) is 32.6 Å². The summed E-state index contributed by atoms with van der Waals surface area (Å²) in [5.41, 5.74) is -0.707. The maximum Gasteiger partial charge on any atom is 0.313 e. The van der Waals surface area contributed by atoms with Gasteiger partial charge in [-0.3, -0.25) is 4.79 Å². The van der Waals surface area contributed by atoms with Gasteiger partial charge in [-0.2, -0.15) is 0 Å². The van der Waals surface area contributed by atoms with E-state index in [9.17, 15) is 9.90 Å². The number of carbonyl (C=O) groups is 1. The summed E-state index contributed by atoms with van der Waals surface area (Å²) in [6, 6.07) is 7.34. The molecule has 4 nitrogen and oxygen atoms in total. The van der Waals surface area contributed by atoms with Gasteiger partial charge in [0.05, 0.1) is 6.61 Å². The van der Waals surface area contributed by atoms with Gasteiger partial charge in [0.1, 0.15) is 23.5 Å². The van der Waals surface area contributed by atoms with Crippen molar-refractivity contribution in [1.82, 2.24) is 0 Å². The average Bonchev–Trinajstić information content (AvgIpc) is 2.87. The SMILES string of the molecule is CCOc1cccc(OCC2(C(=O)O)CCCC2)c1. The number of carboxylic acid groups (broad SMARTS) is 1. The Balaban J connectivity index is 2.01. The van der Waals surface area contributed by atoms with Crippen LogP contribution in [0.4, 0.5) is 0 Å². The summed E-state index contributed by atoms with van der Waals surface area (Å²) in [5, 5.41) is 9.38. The summed E-state index contributed by atoms with van der Waals surface area (Å²) in [6.45, 7) is 2.76. The van der Waals surface area contributed by atoms with E-state index >= 15 is 0 Å². The lowest BCUT2D eigenvalue weighted by Gasteiger charge is -2.23. The Labute approximate surface area is 113 Å². The monoisotopic (exact) mass is 264 g/mol. The van der Waals surface area contributed by atoms with Crippen molar-refractivity contribution in [1.29, 1.82) is 0 Å². The lowest BCUT2D eigenvalue weighted by molar-refractivity contribution is -0.150. The molecule has 4 heteroatoms. The van der Waals surface area contributed by atoms with Gasteiger partial charge in [-0.25, -0.2) is 0 Å². The summed E-state index contributed by atoms with van der Waals surface area (Å²) in [6.07, 6.45) is 3.34. The molecule has 1 aliphatic carbocycles. The van der Waals surface area contributed by atoms with Crippen molar-refractivity contribution < 1.29 is 19.4 Å². The van der Waals surface area contributed by atoms with E-state index in [4.69, 9.17) is 9.47 Å². The highest BCUT2D eigenvalue weighted by molar-refractivity contribution is 5.75. The van der Waals surface area contributed by atoms with Crippen LogP contribution in [0.15, 0.2) is 24.3 Å². The van der Waals surface area contributed by atoms with Gasteiger partial charge in [0.25, 0.3) is 0 Å². The molecule has 0 spiro atoms. The summed E-state index contributed by atoms with van der Waals surface area (Å²) in [7, 11) is 0. The first kappa shape index (κ1) is 13.7. The molecule has 104 valence electrons. The zero-order valence-corrected chi connectivity index (χ0v) is 11.2. The van der Waals surface area contributed by atoms with E-state index in [1.807, 2.05) is 25.1 Å². The Hall–Kier alpha value is -1.71. The van der Waals surface area contributed by atoms with Gasteiger partial charge in [-0.15, -0.1) is 0 Å². The Morgan fingerprint density at radius 1 is 1.26 bits per heavy atom. The predicted molar refractivity (Wildman–Crippen MR) is 71.6 cm³/mol. The van der Waals surface area contributed by atoms with Crippen molar-refractivity contribution in [3.8, 4) is 11.5 Å². The van der Waals surface area contributed by atoms with Gasteiger partial charge in [-0.05, 0) is 31.9 Å². The molecule has 2 rings (SSSR count). The quantitative estimate of drug-likeness (QED) is 0.857. The molecule has 0 saturated heterocycles. The zero-order valence-electron chi connectivity index (χ0n) is 11.2. The second-order valence-electron chi connectivity index (χ2n) is 4.99. The van der Waals surface area contributed by atoms with E-state index in [0.29, 0.717) is 25.2 Å². The van der Waals surface area contributed by atoms with Gasteiger partial charge in [0.15, 0.2) is 0 Å². The number of carboxylic acids is 1. The third-order valence-corrected chi connectivity index (χ3v) is 3.65. The van der Waals surface area contributed by atoms with E-state index < -0.39 is 11.4 Å². The Bertz CT molecular complexity index is 436. The zero-order chi connectivity index (χ0) is 13.7. The van der Waals surface area contributed by atoms with Crippen LogP contribution in [0.5, 0.6) is 11.5 Å². The molecule has 0 bridgehead atoms. The predicted octanol–water partition coefficient (Wildman–Crippen LogP) is 3.11. The molecule has 0 aliphatic heterocycles. The topological polar surface area (TPSA) is 55.8 Å². The smallest absolute Gasteiger partial charge is 0.313 e. The van der Waals surface area contributed by atoms with Gasteiger partial charge in [0.2, 0.25) is 0 Å². The standard InChI is InChI=1S/C15H20O4/c1-2-18-12-6-5-7-13(10-12)19-11-15(14(16)17)8-3-4-9-15/h5-7,10H,2-4,8-9,11H2,1H3,(H,16,17). The molecule has 19 heavy (non-hydrogen) atoms. The van der Waals surface area contributed by atoms with Crippen molar-refractivity contribution in [2.75, 3.05) is 13.2 Å². The minimum absolute atomic E-state index is 0.234. The number of hydrogen-bond donors (Lipinski definition) is 1. The van der Waals surface area contributed by atoms with Crippen molar-refractivity contribution in [3.63, 3.8) is 0 Å². The number of benzene rings is 1. The number of ether oxygens (including phenoxy) is 2. The lowest BCUT2D eigenvalue weighted by Crippen LogP contribution is -2.34. The molecule has 0 amide bonds. The molecule has 0 aromatic heterocycles. The summed E-state index contributed by atoms with van der Waals surface area (Å²) in [4.78, 5) is 11.4. The largest absolute Gasteiger partial charge is 0.494 e. The van der Waals surface area contributed by atoms with Crippen LogP contribution in [-0.4, -0.2) is 24.3 Å². The second kappa shape index (κ2) is 5.95. The minimum atomic E-state index is -0.744. The Kier molecular flexibility index (Phi) is 4.30. The van der Waals surface area contributed by atoms with E-state index in [1.54, 1.807) is 6.07 Å². The summed E-state index contributed by atoms with van der Waals surface area (Å²) in [5.74, 6) is 0.667. The second-order valence-corrected chi connectivity index (χ2v) is 4.99. The summed E-state index contributed by atoms with van der Waals surface area (Å²) >= 11 is 0. The van der Waals surface area contributed by atoms with Crippen molar-refractivity contribution in [2.24, 2.45) is 5.41 Å². The van der Waals surface area contributed by atoms with Crippen molar-refractivity contribution >= 4 is 5.97 Å². The van der Waals surface area contributed by atoms with E-state index in [-0.39, 0.29) is 6.61 Å². The summed E-state index contributed by atoms with van der Waals surface area (Å²) < 4.78 is 11.1. The van der Waals surface area contributed by atoms with Gasteiger partial charge in [0, 0.05) is 6.07 Å². The molecule has 0 unspecified atom stereocenters. The molecule has 0 heterocycles. The molecule has 1 aromatic carbocycles. The van der Waals surface area contributed by atoms with Gasteiger partial charge in [-0.1, -0.05) is 18.9 Å². The fourth-order valence-electron chi connectivity index (χ4n) is 2.51. The molecule has 1 N–H and O–H groups in total. The highest BCUT2D eigenvalue weighted by Crippen LogP contribution is 2.39. The van der Waals surface area contributed by atoms with Crippen LogP contribution in [0.25, 0.3) is 0 Å². The van der Waals surface area contributed by atoms with Crippen molar-refractivity contribution in [3.05, 3.63) is 24.3 Å². The maximum atomic E-state index is 11.4. The van der Waals surface area contributed by atoms with Crippen LogP contribution >= 0.6 is 0 Å². The number of hydrogen-bond acceptors (Lipinski definition) is 3. The fourth-order valence-corrected chi connectivity index (χ4v) is 2.51. The van der Waals surface area contributed by atoms with Crippen LogP contribution in [0.1, 0.15) is 32.6 Å². The molecule has 1 aliphatic rings. The maximum absolute atomic E-state index is 11.4. The number of rotatable bonds is 6. The first-order valence-corrected chi connectivity index (χ1v) is 6.75. The molecular weight excluding hydrogens is 244 g/mol. The van der Waals surface area contributed by atoms with E-state index in [0.717, 1.165) is 18.6 Å². The molecular formula is C15H20O4. The Morgan fingerprint density at radius 2 is 1.89 bits per heavy atom. The third kappa shape index (κ3) is 3.19. The third-order valence-electron chi connectivity index (χ3n) is 3.65. The van der Waals surface area contributed by atoms with Crippen LogP contribution in [0.3, 0.4) is 0 Å². The van der Waals surface area contributed by atoms with E-state index in [1.165, 1.54) is 0 Å². The lowest BCUT2D eigenvalue weighted by atomic mass is 9.87. The van der Waals surface area contributed by atoms with E-state index in [2.05, 4.69) is 0 Å². The first-order valence-electron chi connectivity index (χ1n) is 6.75.